The molecule has 0 aromatic carbocycles. The topological polar surface area (TPSA) is 65.5 Å². The van der Waals surface area contributed by atoms with Gasteiger partial charge in [-0.15, -0.1) is 0 Å². The Morgan fingerprint density at radius 1 is 1.05 bits per heavy atom. The van der Waals surface area contributed by atoms with Crippen LogP contribution < -0.4 is 16.0 Å². The molecule has 22 heavy (non-hydrogen) atoms. The SMILES string of the molecule is CN=C(NCCNC(=O)C(C)(C)C)NC(C)CCCC(C)C. The van der Waals surface area contributed by atoms with Crippen LogP contribution in [0.3, 0.4) is 0 Å². The van der Waals surface area contributed by atoms with Crippen molar-refractivity contribution >= 4 is 11.9 Å². The Balaban J connectivity index is 3.91. The molecule has 1 amide bonds. The predicted molar refractivity (Wildman–Crippen MR) is 95.1 cm³/mol. The van der Waals surface area contributed by atoms with Gasteiger partial charge in [-0.25, -0.2) is 0 Å². The van der Waals surface area contributed by atoms with Crippen molar-refractivity contribution in [1.82, 2.24) is 16.0 Å². The second kappa shape index (κ2) is 10.5. The Labute approximate surface area is 136 Å². The number of guanidine groups is 1. The summed E-state index contributed by atoms with van der Waals surface area (Å²) in [7, 11) is 1.77. The minimum Gasteiger partial charge on any atom is -0.355 e. The number of nitrogens with zero attached hydrogens (tertiary/aromatic N) is 1. The van der Waals surface area contributed by atoms with Crippen LogP contribution in [-0.2, 0) is 4.79 Å². The standard InChI is InChI=1S/C17H36N4O/c1-13(2)9-8-10-14(3)21-16(18-7)20-12-11-19-15(22)17(4,5)6/h13-14H,8-12H2,1-7H3,(H,19,22)(H2,18,20,21). The van der Waals surface area contributed by atoms with Crippen molar-refractivity contribution < 1.29 is 4.79 Å². The van der Waals surface area contributed by atoms with E-state index in [9.17, 15) is 4.79 Å². The van der Waals surface area contributed by atoms with E-state index in [1.807, 2.05) is 20.8 Å². The van der Waals surface area contributed by atoms with E-state index in [-0.39, 0.29) is 11.3 Å². The summed E-state index contributed by atoms with van der Waals surface area (Å²) in [5, 5.41) is 9.53. The molecule has 1 atom stereocenters. The highest BCUT2D eigenvalue weighted by Crippen LogP contribution is 2.11. The van der Waals surface area contributed by atoms with Crippen molar-refractivity contribution in [3.05, 3.63) is 0 Å². The number of carbonyl (C=O) groups is 1. The molecule has 5 heteroatoms. The van der Waals surface area contributed by atoms with E-state index in [4.69, 9.17) is 0 Å². The predicted octanol–water partition coefficient (Wildman–Crippen LogP) is 2.53. The zero-order valence-electron chi connectivity index (χ0n) is 15.5. The maximum Gasteiger partial charge on any atom is 0.225 e. The molecule has 0 rings (SSSR count). The molecule has 0 spiro atoms. The minimum atomic E-state index is -0.342. The lowest BCUT2D eigenvalue weighted by Gasteiger charge is -2.20. The monoisotopic (exact) mass is 312 g/mol. The van der Waals surface area contributed by atoms with Gasteiger partial charge in [0.25, 0.3) is 0 Å². The Hall–Kier alpha value is -1.26. The number of amides is 1. The largest absolute Gasteiger partial charge is 0.355 e. The van der Waals surface area contributed by atoms with E-state index < -0.39 is 0 Å². The molecule has 0 heterocycles. The van der Waals surface area contributed by atoms with Gasteiger partial charge in [0.15, 0.2) is 5.96 Å². The van der Waals surface area contributed by atoms with Gasteiger partial charge in [0, 0.05) is 31.6 Å². The number of hydrogen-bond acceptors (Lipinski definition) is 2. The first-order chi connectivity index (χ1) is 10.2. The summed E-state index contributed by atoms with van der Waals surface area (Å²) in [4.78, 5) is 16.0. The van der Waals surface area contributed by atoms with Gasteiger partial charge in [0.1, 0.15) is 0 Å². The fourth-order valence-electron chi connectivity index (χ4n) is 1.95. The third-order valence-electron chi connectivity index (χ3n) is 3.41. The first-order valence-corrected chi connectivity index (χ1v) is 8.42. The average molecular weight is 313 g/mol. The third-order valence-corrected chi connectivity index (χ3v) is 3.41. The zero-order chi connectivity index (χ0) is 17.2. The molecule has 0 saturated carbocycles. The molecule has 0 aromatic rings. The lowest BCUT2D eigenvalue weighted by Crippen LogP contribution is -2.45. The van der Waals surface area contributed by atoms with Crippen LogP contribution in [0, 0.1) is 11.3 Å². The Kier molecular flexibility index (Phi) is 9.86. The fraction of sp³-hybridized carbons (Fsp3) is 0.882. The fourth-order valence-corrected chi connectivity index (χ4v) is 1.95. The molecule has 3 N–H and O–H groups in total. The average Bonchev–Trinajstić information content (AvgIpc) is 2.40. The number of aliphatic imine (C=N–C) groups is 1. The second-order valence-corrected chi connectivity index (χ2v) is 7.38. The summed E-state index contributed by atoms with van der Waals surface area (Å²) < 4.78 is 0. The summed E-state index contributed by atoms with van der Waals surface area (Å²) in [6.07, 6.45) is 3.63. The molecular formula is C17H36N4O. The molecule has 0 aliphatic heterocycles. The number of rotatable bonds is 8. The van der Waals surface area contributed by atoms with Crippen molar-refractivity contribution in [1.29, 1.82) is 0 Å². The first kappa shape index (κ1) is 20.7. The Morgan fingerprint density at radius 3 is 2.14 bits per heavy atom. The van der Waals surface area contributed by atoms with Gasteiger partial charge >= 0.3 is 0 Å². The van der Waals surface area contributed by atoms with E-state index in [2.05, 4.69) is 41.7 Å². The van der Waals surface area contributed by atoms with E-state index in [0.717, 1.165) is 18.3 Å². The van der Waals surface area contributed by atoms with E-state index in [1.54, 1.807) is 7.05 Å². The summed E-state index contributed by atoms with van der Waals surface area (Å²) >= 11 is 0. The van der Waals surface area contributed by atoms with E-state index in [1.165, 1.54) is 12.8 Å². The molecule has 0 aliphatic carbocycles. The Morgan fingerprint density at radius 2 is 1.64 bits per heavy atom. The normalized spacial score (nSPS) is 13.9. The molecule has 0 bridgehead atoms. The number of hydrogen-bond donors (Lipinski definition) is 3. The zero-order valence-corrected chi connectivity index (χ0v) is 15.5. The van der Waals surface area contributed by atoms with Crippen LogP contribution in [0.4, 0.5) is 0 Å². The first-order valence-electron chi connectivity index (χ1n) is 8.42. The van der Waals surface area contributed by atoms with Crippen molar-refractivity contribution in [2.45, 2.75) is 66.8 Å². The van der Waals surface area contributed by atoms with Crippen molar-refractivity contribution in [3.8, 4) is 0 Å². The summed E-state index contributed by atoms with van der Waals surface area (Å²) in [5.74, 6) is 1.62. The number of nitrogens with one attached hydrogen (secondary N) is 3. The van der Waals surface area contributed by atoms with Crippen molar-refractivity contribution in [2.75, 3.05) is 20.1 Å². The van der Waals surface area contributed by atoms with Crippen LogP contribution in [0.5, 0.6) is 0 Å². The van der Waals surface area contributed by atoms with Crippen LogP contribution in [-0.4, -0.2) is 38.0 Å². The van der Waals surface area contributed by atoms with Crippen LogP contribution in [0.15, 0.2) is 4.99 Å². The van der Waals surface area contributed by atoms with Gasteiger partial charge in [0.05, 0.1) is 0 Å². The molecule has 0 saturated heterocycles. The highest BCUT2D eigenvalue weighted by molar-refractivity contribution is 5.81. The van der Waals surface area contributed by atoms with Crippen LogP contribution in [0.25, 0.3) is 0 Å². The minimum absolute atomic E-state index is 0.0688. The van der Waals surface area contributed by atoms with Crippen molar-refractivity contribution in [3.63, 3.8) is 0 Å². The van der Waals surface area contributed by atoms with Crippen LogP contribution in [0.1, 0.15) is 60.8 Å². The van der Waals surface area contributed by atoms with Gasteiger partial charge in [-0.05, 0) is 19.3 Å². The van der Waals surface area contributed by atoms with Gasteiger partial charge in [0.2, 0.25) is 5.91 Å². The molecule has 0 fully saturated rings. The van der Waals surface area contributed by atoms with Crippen LogP contribution in [0.2, 0.25) is 0 Å². The summed E-state index contributed by atoms with van der Waals surface area (Å²) in [6, 6.07) is 0.397. The molecule has 0 radical (unpaired) electrons. The maximum atomic E-state index is 11.7. The third kappa shape index (κ3) is 10.5. The van der Waals surface area contributed by atoms with Gasteiger partial charge in [-0.3, -0.25) is 9.79 Å². The lowest BCUT2D eigenvalue weighted by atomic mass is 9.96. The van der Waals surface area contributed by atoms with E-state index >= 15 is 0 Å². The molecule has 0 aromatic heterocycles. The van der Waals surface area contributed by atoms with Gasteiger partial charge < -0.3 is 16.0 Å². The number of carbonyl (C=O) groups excluding carboxylic acids is 1. The molecule has 1 unspecified atom stereocenters. The maximum absolute atomic E-state index is 11.7. The van der Waals surface area contributed by atoms with Crippen molar-refractivity contribution in [2.24, 2.45) is 16.3 Å². The quantitative estimate of drug-likeness (QED) is 0.366. The Bertz CT molecular complexity index is 345. The van der Waals surface area contributed by atoms with Gasteiger partial charge in [-0.2, -0.15) is 0 Å². The second-order valence-electron chi connectivity index (χ2n) is 7.38. The summed E-state index contributed by atoms with van der Waals surface area (Å²) in [6.45, 7) is 13.7. The molecule has 0 aliphatic rings. The van der Waals surface area contributed by atoms with E-state index in [0.29, 0.717) is 19.1 Å². The lowest BCUT2D eigenvalue weighted by molar-refractivity contribution is -0.128. The molecular weight excluding hydrogens is 276 g/mol. The highest BCUT2D eigenvalue weighted by Gasteiger charge is 2.20. The van der Waals surface area contributed by atoms with Gasteiger partial charge in [-0.1, -0.05) is 47.5 Å². The molecule has 5 nitrogen and oxygen atoms in total. The smallest absolute Gasteiger partial charge is 0.225 e. The molecule has 130 valence electrons. The van der Waals surface area contributed by atoms with Crippen LogP contribution >= 0.6 is 0 Å². The summed E-state index contributed by atoms with van der Waals surface area (Å²) in [5.41, 5.74) is -0.342. The highest BCUT2D eigenvalue weighted by atomic mass is 16.2.